The molecule has 1 aliphatic heterocycles. The van der Waals surface area contributed by atoms with Crippen LogP contribution in [0.15, 0.2) is 70.0 Å². The monoisotopic (exact) mass is 402 g/mol. The van der Waals surface area contributed by atoms with Crippen LogP contribution in [0.5, 0.6) is 5.75 Å². The Kier molecular flexibility index (Phi) is 4.47. The lowest BCUT2D eigenvalue weighted by atomic mass is 9.97. The van der Waals surface area contributed by atoms with Gasteiger partial charge in [-0.25, -0.2) is 4.39 Å². The molecule has 0 saturated carbocycles. The van der Waals surface area contributed by atoms with Crippen LogP contribution < -0.4 is 10.3 Å². The van der Waals surface area contributed by atoms with Crippen molar-refractivity contribution in [3.8, 4) is 28.3 Å². The molecule has 2 aromatic carbocycles. The fourth-order valence-corrected chi connectivity index (χ4v) is 3.89. The number of rotatable bonds is 4. The van der Waals surface area contributed by atoms with Gasteiger partial charge in [0.2, 0.25) is 0 Å². The first kappa shape index (κ1) is 18.4. The summed E-state index contributed by atoms with van der Waals surface area (Å²) in [5, 5.41) is 4.08. The van der Waals surface area contributed by atoms with E-state index in [4.69, 9.17) is 9.26 Å². The van der Waals surface area contributed by atoms with E-state index in [1.54, 1.807) is 29.7 Å². The van der Waals surface area contributed by atoms with Crippen molar-refractivity contribution in [1.29, 1.82) is 0 Å². The van der Waals surface area contributed by atoms with Crippen molar-refractivity contribution in [3.05, 3.63) is 93.7 Å². The van der Waals surface area contributed by atoms with Crippen LogP contribution in [-0.4, -0.2) is 9.72 Å². The summed E-state index contributed by atoms with van der Waals surface area (Å²) in [6.45, 7) is 2.54. The molecule has 0 N–H and O–H groups in total. The Hall–Kier alpha value is -3.67. The van der Waals surface area contributed by atoms with Crippen molar-refractivity contribution in [3.63, 3.8) is 0 Å². The second-order valence-corrected chi connectivity index (χ2v) is 7.31. The van der Waals surface area contributed by atoms with Gasteiger partial charge < -0.3 is 13.8 Å². The lowest BCUT2D eigenvalue weighted by Crippen LogP contribution is -2.27. The Labute approximate surface area is 172 Å². The molecule has 0 fully saturated rings. The Morgan fingerprint density at radius 3 is 2.73 bits per heavy atom. The number of benzene rings is 2. The third-order valence-corrected chi connectivity index (χ3v) is 5.51. The van der Waals surface area contributed by atoms with Gasteiger partial charge in [0.05, 0.1) is 11.3 Å². The lowest BCUT2D eigenvalue weighted by molar-refractivity contribution is 0.295. The number of aryl methyl sites for hydroxylation is 2. The topological polar surface area (TPSA) is 57.3 Å². The molecule has 5 nitrogen and oxygen atoms in total. The molecular formula is C24H19FN2O3. The van der Waals surface area contributed by atoms with E-state index in [1.807, 2.05) is 24.3 Å². The van der Waals surface area contributed by atoms with E-state index in [0.717, 1.165) is 28.8 Å². The van der Waals surface area contributed by atoms with Crippen LogP contribution in [0.2, 0.25) is 0 Å². The summed E-state index contributed by atoms with van der Waals surface area (Å²) in [5.41, 5.74) is 5.12. The molecular weight excluding hydrogens is 383 g/mol. The minimum Gasteiger partial charge on any atom is -0.483 e. The summed E-state index contributed by atoms with van der Waals surface area (Å²) in [5.74, 6) is 0.561. The average molecular weight is 402 g/mol. The zero-order valence-corrected chi connectivity index (χ0v) is 16.4. The molecule has 6 heteroatoms. The molecule has 0 aliphatic carbocycles. The van der Waals surface area contributed by atoms with Crippen LogP contribution in [0.4, 0.5) is 4.39 Å². The van der Waals surface area contributed by atoms with E-state index in [2.05, 4.69) is 11.2 Å². The van der Waals surface area contributed by atoms with E-state index >= 15 is 0 Å². The van der Waals surface area contributed by atoms with E-state index in [1.165, 1.54) is 17.7 Å². The molecule has 150 valence electrons. The van der Waals surface area contributed by atoms with Crippen molar-refractivity contribution in [2.45, 2.75) is 26.5 Å². The van der Waals surface area contributed by atoms with Crippen molar-refractivity contribution in [2.75, 3.05) is 0 Å². The number of ether oxygens (including phenoxy) is 1. The maximum Gasteiger partial charge on any atom is 0.293 e. The number of hydrogen-bond donors (Lipinski definition) is 0. The molecule has 30 heavy (non-hydrogen) atoms. The second-order valence-electron chi connectivity index (χ2n) is 7.31. The van der Waals surface area contributed by atoms with Gasteiger partial charge in [-0.1, -0.05) is 29.4 Å². The van der Waals surface area contributed by atoms with Crippen LogP contribution in [-0.2, 0) is 19.6 Å². The van der Waals surface area contributed by atoms with Crippen molar-refractivity contribution >= 4 is 0 Å². The number of aromatic nitrogens is 2. The van der Waals surface area contributed by atoms with Crippen LogP contribution in [0, 0.1) is 12.7 Å². The van der Waals surface area contributed by atoms with Gasteiger partial charge in [0.25, 0.3) is 5.56 Å². The van der Waals surface area contributed by atoms with Gasteiger partial charge in [0, 0.05) is 17.7 Å². The molecule has 3 heterocycles. The third kappa shape index (κ3) is 3.10. The van der Waals surface area contributed by atoms with Gasteiger partial charge in [-0.2, -0.15) is 0 Å². The smallest absolute Gasteiger partial charge is 0.293 e. The first-order valence-electron chi connectivity index (χ1n) is 9.78. The maximum absolute atomic E-state index is 13.2. The van der Waals surface area contributed by atoms with Crippen LogP contribution >= 0.6 is 0 Å². The first-order chi connectivity index (χ1) is 14.6. The Morgan fingerprint density at radius 2 is 1.90 bits per heavy atom. The number of nitrogens with zero attached hydrogens (tertiary/aromatic N) is 2. The first-order valence-corrected chi connectivity index (χ1v) is 9.78. The van der Waals surface area contributed by atoms with Crippen LogP contribution in [0.25, 0.3) is 22.5 Å². The van der Waals surface area contributed by atoms with E-state index in [9.17, 15) is 9.18 Å². The van der Waals surface area contributed by atoms with Gasteiger partial charge in [-0.3, -0.25) is 4.79 Å². The van der Waals surface area contributed by atoms with Gasteiger partial charge >= 0.3 is 0 Å². The largest absolute Gasteiger partial charge is 0.483 e. The standard InChI is InChI=1S/C24H19FN2O3/c1-15-20(23(26-30-15)17-6-8-18(25)9-7-17)14-29-22-11-10-21-19-5-3-2-4-16(19)12-13-27(21)24(22)28/h2-11H,12-14H2,1H3. The van der Waals surface area contributed by atoms with Crippen molar-refractivity contribution in [2.24, 2.45) is 0 Å². The number of fused-ring (bicyclic) bond motifs is 3. The molecule has 4 aromatic rings. The zero-order chi connectivity index (χ0) is 20.7. The minimum absolute atomic E-state index is 0.132. The predicted octanol–water partition coefficient (Wildman–Crippen LogP) is 4.75. The van der Waals surface area contributed by atoms with Gasteiger partial charge in [0.1, 0.15) is 23.9 Å². The van der Waals surface area contributed by atoms with Gasteiger partial charge in [-0.15, -0.1) is 0 Å². The van der Waals surface area contributed by atoms with E-state index in [-0.39, 0.29) is 23.7 Å². The Balaban J connectivity index is 1.45. The summed E-state index contributed by atoms with van der Waals surface area (Å²) in [6.07, 6.45) is 0.812. The summed E-state index contributed by atoms with van der Waals surface area (Å²) in [7, 11) is 0. The second kappa shape index (κ2) is 7.30. The molecule has 0 spiro atoms. The highest BCUT2D eigenvalue weighted by Gasteiger charge is 2.20. The predicted molar refractivity (Wildman–Crippen MR) is 111 cm³/mol. The number of hydrogen-bond acceptors (Lipinski definition) is 4. The molecule has 0 radical (unpaired) electrons. The molecule has 5 rings (SSSR count). The molecule has 1 aliphatic rings. The van der Waals surface area contributed by atoms with E-state index in [0.29, 0.717) is 18.0 Å². The molecule has 0 atom stereocenters. The highest BCUT2D eigenvalue weighted by Crippen LogP contribution is 2.30. The SMILES string of the molecule is Cc1onc(-c2ccc(F)cc2)c1COc1ccc2n(c1=O)CCc1ccccc1-2. The number of pyridine rings is 1. The highest BCUT2D eigenvalue weighted by molar-refractivity contribution is 5.66. The van der Waals surface area contributed by atoms with E-state index < -0.39 is 0 Å². The Morgan fingerprint density at radius 1 is 1.10 bits per heavy atom. The summed E-state index contributed by atoms with van der Waals surface area (Å²) >= 11 is 0. The lowest BCUT2D eigenvalue weighted by Gasteiger charge is -2.22. The van der Waals surface area contributed by atoms with Gasteiger partial charge in [-0.05, 0) is 55.3 Å². The van der Waals surface area contributed by atoms with Crippen LogP contribution in [0.1, 0.15) is 16.9 Å². The molecule has 0 unspecified atom stereocenters. The molecule has 2 aromatic heterocycles. The normalized spacial score (nSPS) is 12.3. The van der Waals surface area contributed by atoms with Crippen molar-refractivity contribution < 1.29 is 13.7 Å². The molecule has 0 bridgehead atoms. The fourth-order valence-electron chi connectivity index (χ4n) is 3.89. The summed E-state index contributed by atoms with van der Waals surface area (Å²) in [4.78, 5) is 13.0. The average Bonchev–Trinajstić information content (AvgIpc) is 3.14. The third-order valence-electron chi connectivity index (χ3n) is 5.51. The quantitative estimate of drug-likeness (QED) is 0.494. The number of halogens is 1. The summed E-state index contributed by atoms with van der Waals surface area (Å²) < 4.78 is 26.2. The molecule has 0 saturated heterocycles. The fraction of sp³-hybridized carbons (Fsp3) is 0.167. The highest BCUT2D eigenvalue weighted by atomic mass is 19.1. The van der Waals surface area contributed by atoms with Crippen LogP contribution in [0.3, 0.4) is 0 Å². The minimum atomic E-state index is -0.319. The maximum atomic E-state index is 13.2. The summed E-state index contributed by atoms with van der Waals surface area (Å²) in [6, 6.07) is 17.8. The zero-order valence-electron chi connectivity index (χ0n) is 16.4. The van der Waals surface area contributed by atoms with Gasteiger partial charge in [0.15, 0.2) is 5.75 Å². The molecule has 0 amide bonds. The Bertz CT molecular complexity index is 1290. The van der Waals surface area contributed by atoms with Crippen molar-refractivity contribution in [1.82, 2.24) is 9.72 Å².